The summed E-state index contributed by atoms with van der Waals surface area (Å²) in [6.07, 6.45) is 0.318. The highest BCUT2D eigenvalue weighted by molar-refractivity contribution is 4.66. The van der Waals surface area contributed by atoms with Gasteiger partial charge in [0.15, 0.2) is 0 Å². The molecule has 0 amide bonds. The van der Waals surface area contributed by atoms with Crippen LogP contribution in [0.15, 0.2) is 0 Å². The van der Waals surface area contributed by atoms with Gasteiger partial charge < -0.3 is 33.2 Å². The number of hydrogen-bond donors (Lipinski definition) is 0. The second kappa shape index (κ2) is 14.6. The topological polar surface area (TPSA) is 67.9 Å². The minimum atomic E-state index is 0.318. The van der Waals surface area contributed by atoms with Crippen molar-refractivity contribution < 1.29 is 33.2 Å². The minimum absolute atomic E-state index is 0.318. The molecule has 1 unspecified atom stereocenters. The molecule has 21 heavy (non-hydrogen) atoms. The van der Waals surface area contributed by atoms with Crippen molar-refractivity contribution in [1.29, 1.82) is 0 Å². The molecular formula is C14H28O7. The van der Waals surface area contributed by atoms with Gasteiger partial charge in [0.2, 0.25) is 0 Å². The van der Waals surface area contributed by atoms with Crippen molar-refractivity contribution in [2.24, 2.45) is 0 Å². The van der Waals surface area contributed by atoms with E-state index in [1.165, 1.54) is 0 Å². The van der Waals surface area contributed by atoms with E-state index in [4.69, 9.17) is 33.2 Å². The Hall–Kier alpha value is -0.280. The number of epoxide rings is 1. The fourth-order valence-electron chi connectivity index (χ4n) is 1.40. The maximum absolute atomic E-state index is 5.36. The van der Waals surface area contributed by atoms with Crippen LogP contribution >= 0.6 is 0 Å². The smallest absolute Gasteiger partial charge is 0.104 e. The maximum Gasteiger partial charge on any atom is 0.104 e. The fourth-order valence-corrected chi connectivity index (χ4v) is 1.40. The quantitative estimate of drug-likeness (QED) is 0.279. The van der Waals surface area contributed by atoms with Crippen molar-refractivity contribution in [2.75, 3.05) is 86.4 Å². The van der Waals surface area contributed by atoms with Gasteiger partial charge in [-0.2, -0.15) is 0 Å². The van der Waals surface area contributed by atoms with E-state index in [-0.39, 0.29) is 0 Å². The van der Waals surface area contributed by atoms with Crippen LogP contribution in [0.5, 0.6) is 0 Å². The summed E-state index contributed by atoms with van der Waals surface area (Å²) >= 11 is 0. The molecular weight excluding hydrogens is 280 g/mol. The van der Waals surface area contributed by atoms with Gasteiger partial charge in [-0.15, -0.1) is 0 Å². The first-order valence-corrected chi connectivity index (χ1v) is 7.42. The van der Waals surface area contributed by atoms with E-state index in [9.17, 15) is 0 Å². The Kier molecular flexibility index (Phi) is 13.1. The van der Waals surface area contributed by atoms with Crippen molar-refractivity contribution >= 4 is 0 Å². The van der Waals surface area contributed by atoms with Crippen molar-refractivity contribution in [3.63, 3.8) is 0 Å². The molecule has 1 saturated heterocycles. The van der Waals surface area contributed by atoms with Crippen LogP contribution in [0.1, 0.15) is 0 Å². The summed E-state index contributed by atoms with van der Waals surface area (Å²) in [4.78, 5) is 0. The maximum atomic E-state index is 5.36. The summed E-state index contributed by atoms with van der Waals surface area (Å²) in [5.41, 5.74) is 0. The summed E-state index contributed by atoms with van der Waals surface area (Å²) in [6.45, 7) is 7.34. The van der Waals surface area contributed by atoms with E-state index in [0.29, 0.717) is 78.8 Å². The van der Waals surface area contributed by atoms with E-state index < -0.39 is 0 Å². The van der Waals surface area contributed by atoms with Gasteiger partial charge in [0.05, 0.1) is 79.3 Å². The molecule has 126 valence electrons. The fraction of sp³-hybridized carbons (Fsp3) is 1.00. The number of ether oxygens (including phenoxy) is 7. The molecule has 0 aliphatic carbocycles. The van der Waals surface area contributed by atoms with Crippen molar-refractivity contribution in [3.8, 4) is 0 Å². The van der Waals surface area contributed by atoms with Crippen LogP contribution in [-0.2, 0) is 33.2 Å². The first kappa shape index (κ1) is 18.8. The lowest BCUT2D eigenvalue weighted by Crippen LogP contribution is -2.14. The molecule has 0 aromatic heterocycles. The lowest BCUT2D eigenvalue weighted by atomic mass is 10.5. The van der Waals surface area contributed by atoms with E-state index in [1.807, 2.05) is 0 Å². The Labute approximate surface area is 126 Å². The van der Waals surface area contributed by atoms with Crippen molar-refractivity contribution in [1.82, 2.24) is 0 Å². The van der Waals surface area contributed by atoms with Crippen LogP contribution < -0.4 is 0 Å². The molecule has 1 fully saturated rings. The van der Waals surface area contributed by atoms with E-state index in [1.54, 1.807) is 7.11 Å². The molecule has 0 aromatic carbocycles. The highest BCUT2D eigenvalue weighted by Gasteiger charge is 2.21. The molecule has 1 heterocycles. The van der Waals surface area contributed by atoms with Crippen LogP contribution in [-0.4, -0.2) is 92.5 Å². The van der Waals surface area contributed by atoms with Gasteiger partial charge >= 0.3 is 0 Å². The summed E-state index contributed by atoms with van der Waals surface area (Å²) in [5.74, 6) is 0. The Morgan fingerprint density at radius 1 is 0.667 bits per heavy atom. The summed E-state index contributed by atoms with van der Waals surface area (Å²) in [7, 11) is 1.65. The highest BCUT2D eigenvalue weighted by Crippen LogP contribution is 2.07. The van der Waals surface area contributed by atoms with Gasteiger partial charge in [0.25, 0.3) is 0 Å². The molecule has 7 heteroatoms. The average Bonchev–Trinajstić information content (AvgIpc) is 3.31. The predicted molar refractivity (Wildman–Crippen MR) is 75.7 cm³/mol. The molecule has 0 aromatic rings. The number of rotatable bonds is 17. The third-order valence-corrected chi connectivity index (χ3v) is 2.63. The van der Waals surface area contributed by atoms with Gasteiger partial charge in [0, 0.05) is 7.11 Å². The summed E-state index contributed by atoms with van der Waals surface area (Å²) in [6, 6.07) is 0. The van der Waals surface area contributed by atoms with Crippen LogP contribution in [0, 0.1) is 0 Å². The molecule has 0 N–H and O–H groups in total. The van der Waals surface area contributed by atoms with Crippen molar-refractivity contribution in [2.45, 2.75) is 6.10 Å². The second-order valence-corrected chi connectivity index (χ2v) is 4.47. The Balaban J connectivity index is 1.59. The van der Waals surface area contributed by atoms with E-state index in [2.05, 4.69) is 0 Å². The van der Waals surface area contributed by atoms with E-state index >= 15 is 0 Å². The molecule has 0 radical (unpaired) electrons. The van der Waals surface area contributed by atoms with Crippen LogP contribution in [0.3, 0.4) is 0 Å². The molecule has 0 saturated carbocycles. The molecule has 0 spiro atoms. The Morgan fingerprint density at radius 2 is 1.05 bits per heavy atom. The third-order valence-electron chi connectivity index (χ3n) is 2.63. The molecule has 0 bridgehead atoms. The zero-order valence-electron chi connectivity index (χ0n) is 12.9. The zero-order chi connectivity index (χ0) is 15.0. The van der Waals surface area contributed by atoms with Crippen molar-refractivity contribution in [3.05, 3.63) is 0 Å². The zero-order valence-corrected chi connectivity index (χ0v) is 12.9. The largest absolute Gasteiger partial charge is 0.382 e. The Bertz CT molecular complexity index is 211. The van der Waals surface area contributed by atoms with Gasteiger partial charge in [-0.1, -0.05) is 0 Å². The Morgan fingerprint density at radius 3 is 1.43 bits per heavy atom. The molecule has 1 rings (SSSR count). The normalized spacial score (nSPS) is 17.3. The van der Waals surface area contributed by atoms with Gasteiger partial charge in [0.1, 0.15) is 6.10 Å². The monoisotopic (exact) mass is 308 g/mol. The summed E-state index contributed by atoms with van der Waals surface area (Å²) in [5, 5.41) is 0. The average molecular weight is 308 g/mol. The number of methoxy groups -OCH3 is 1. The van der Waals surface area contributed by atoms with Gasteiger partial charge in [-0.3, -0.25) is 0 Å². The van der Waals surface area contributed by atoms with Crippen LogP contribution in [0.25, 0.3) is 0 Å². The first-order chi connectivity index (χ1) is 10.4. The minimum Gasteiger partial charge on any atom is -0.382 e. The highest BCUT2D eigenvalue weighted by atomic mass is 16.6. The summed E-state index contributed by atoms with van der Waals surface area (Å²) < 4.78 is 36.5. The SMILES string of the molecule is COCCOCCOCCOCCOCCOCC1CO1. The third kappa shape index (κ3) is 14.4. The molecule has 1 aliphatic rings. The molecule has 1 aliphatic heterocycles. The van der Waals surface area contributed by atoms with Gasteiger partial charge in [-0.05, 0) is 0 Å². The van der Waals surface area contributed by atoms with Gasteiger partial charge in [-0.25, -0.2) is 0 Å². The lowest BCUT2D eigenvalue weighted by molar-refractivity contribution is -0.0153. The molecule has 1 atom stereocenters. The standard InChI is InChI=1S/C14H28O7/c1-15-2-3-16-4-5-17-6-7-18-8-9-19-10-11-20-12-14-13-21-14/h14H,2-13H2,1H3. The van der Waals surface area contributed by atoms with E-state index in [0.717, 1.165) is 6.61 Å². The van der Waals surface area contributed by atoms with Crippen LogP contribution in [0.2, 0.25) is 0 Å². The predicted octanol–water partition coefficient (Wildman–Crippen LogP) is 0.115. The lowest BCUT2D eigenvalue weighted by Gasteiger charge is -2.07. The second-order valence-electron chi connectivity index (χ2n) is 4.47. The van der Waals surface area contributed by atoms with Crippen LogP contribution in [0.4, 0.5) is 0 Å². The number of hydrogen-bond acceptors (Lipinski definition) is 7. The molecule has 7 nitrogen and oxygen atoms in total. The first-order valence-electron chi connectivity index (χ1n) is 7.42.